The fourth-order valence-electron chi connectivity index (χ4n) is 7.57. The maximum absolute atomic E-state index is 14.5. The molecule has 7 rings (SSSR count). The number of fused-ring (bicyclic) bond motifs is 4. The highest BCUT2D eigenvalue weighted by Crippen LogP contribution is 2.74. The summed E-state index contributed by atoms with van der Waals surface area (Å²) >= 11 is 0. The van der Waals surface area contributed by atoms with Crippen LogP contribution < -0.4 is 20.1 Å². The molecule has 1 aliphatic heterocycles. The summed E-state index contributed by atoms with van der Waals surface area (Å²) in [6.07, 6.45) is 1.21. The number of benzene rings is 3. The van der Waals surface area contributed by atoms with Gasteiger partial charge in [-0.25, -0.2) is 0 Å². The number of anilines is 2. The van der Waals surface area contributed by atoms with Crippen LogP contribution in [0, 0.1) is 29.1 Å². The number of ether oxygens (including phenoxy) is 2. The summed E-state index contributed by atoms with van der Waals surface area (Å²) in [5.74, 6) is 10.7. The first-order chi connectivity index (χ1) is 21.7. The first-order valence-corrected chi connectivity index (χ1v) is 14.6. The number of para-hydroxylation sites is 1. The Morgan fingerprint density at radius 2 is 1.76 bits per heavy atom. The number of rotatable bonds is 6. The second kappa shape index (κ2) is 10.2. The van der Waals surface area contributed by atoms with Crippen LogP contribution in [-0.2, 0) is 12.0 Å². The van der Waals surface area contributed by atoms with Gasteiger partial charge in [-0.15, -0.1) is 0 Å². The lowest BCUT2D eigenvalue weighted by atomic mass is 9.69. The molecule has 226 valence electrons. The molecule has 3 aliphatic carbocycles. The molecule has 5 N–H and O–H groups in total. The number of allylic oxidation sites excluding steroid dienone is 2. The predicted octanol–water partition coefficient (Wildman–Crippen LogP) is 3.54. The second-order valence-corrected chi connectivity index (χ2v) is 11.7. The maximum Gasteiger partial charge on any atom is 0.202 e. The Balaban J connectivity index is 1.43. The van der Waals surface area contributed by atoms with Crippen LogP contribution >= 0.6 is 0 Å². The molecule has 0 amide bonds. The molecular formula is C36H30N2O7. The molecule has 5 atom stereocenters. The number of ketones is 2. The molecule has 0 unspecified atom stereocenters. The van der Waals surface area contributed by atoms with Crippen molar-refractivity contribution >= 4 is 22.9 Å². The third-order valence-corrected chi connectivity index (χ3v) is 9.71. The van der Waals surface area contributed by atoms with Crippen molar-refractivity contribution in [3.8, 4) is 40.9 Å². The molecule has 3 aromatic carbocycles. The number of aliphatic hydroxyl groups excluding tert-OH is 2. The number of nitrogens with one attached hydrogen (secondary N) is 2. The summed E-state index contributed by atoms with van der Waals surface area (Å²) in [7, 11) is 2.89. The summed E-state index contributed by atoms with van der Waals surface area (Å²) < 4.78 is 11.5. The smallest absolute Gasteiger partial charge is 0.202 e. The van der Waals surface area contributed by atoms with Crippen molar-refractivity contribution in [2.24, 2.45) is 5.41 Å². The molecule has 4 aliphatic rings. The molecule has 0 spiro atoms. The predicted molar refractivity (Wildman–Crippen MR) is 167 cm³/mol. The van der Waals surface area contributed by atoms with E-state index in [1.807, 2.05) is 30.3 Å². The van der Waals surface area contributed by atoms with Gasteiger partial charge in [-0.2, -0.15) is 0 Å². The summed E-state index contributed by atoms with van der Waals surface area (Å²) in [6, 6.07) is 11.7. The average Bonchev–Trinajstić information content (AvgIpc) is 3.77. The minimum atomic E-state index is -1.25. The summed E-state index contributed by atoms with van der Waals surface area (Å²) in [6.45, 7) is 1.87. The normalized spacial score (nSPS) is 26.1. The van der Waals surface area contributed by atoms with Gasteiger partial charge < -0.3 is 35.4 Å². The highest BCUT2D eigenvalue weighted by Gasteiger charge is 2.79. The van der Waals surface area contributed by atoms with Gasteiger partial charge >= 0.3 is 0 Å². The lowest BCUT2D eigenvalue weighted by Crippen LogP contribution is -2.50. The van der Waals surface area contributed by atoms with Crippen molar-refractivity contribution in [2.45, 2.75) is 43.6 Å². The van der Waals surface area contributed by atoms with E-state index in [1.54, 1.807) is 13.0 Å². The van der Waals surface area contributed by atoms with E-state index in [2.05, 4.69) is 34.3 Å². The van der Waals surface area contributed by atoms with Crippen LogP contribution in [0.4, 0.5) is 11.4 Å². The fourth-order valence-corrected chi connectivity index (χ4v) is 7.57. The van der Waals surface area contributed by atoms with E-state index in [1.165, 1.54) is 32.4 Å². The molecule has 1 heterocycles. The van der Waals surface area contributed by atoms with Crippen LogP contribution in [0.2, 0.25) is 0 Å². The van der Waals surface area contributed by atoms with Gasteiger partial charge in [0.2, 0.25) is 5.78 Å². The Hall–Kier alpha value is -5.22. The number of carbonyl (C=O) groups is 2. The molecule has 0 radical (unpaired) electrons. The Kier molecular flexibility index (Phi) is 6.45. The van der Waals surface area contributed by atoms with Gasteiger partial charge in [-0.05, 0) is 55.3 Å². The molecule has 2 bridgehead atoms. The Morgan fingerprint density at radius 1 is 1.02 bits per heavy atom. The molecule has 3 aromatic rings. The fraction of sp³-hybridized carbons (Fsp3) is 0.278. The van der Waals surface area contributed by atoms with Crippen molar-refractivity contribution in [3.05, 3.63) is 88.0 Å². The number of aliphatic hydroxyl groups is 2. The summed E-state index contributed by atoms with van der Waals surface area (Å²) in [5.41, 5.74) is -0.205. The molecule has 0 aromatic heterocycles. The van der Waals surface area contributed by atoms with Crippen LogP contribution in [0.5, 0.6) is 17.2 Å². The largest absolute Gasteiger partial charge is 0.507 e. The number of methoxy groups -OCH3 is 2. The van der Waals surface area contributed by atoms with Gasteiger partial charge in [0.1, 0.15) is 23.4 Å². The number of hydrogen-bond donors (Lipinski definition) is 5. The summed E-state index contributed by atoms with van der Waals surface area (Å²) in [5, 5.41) is 40.7. The summed E-state index contributed by atoms with van der Waals surface area (Å²) in [4.78, 5) is 28.8. The lowest BCUT2D eigenvalue weighted by Gasteiger charge is -2.42. The van der Waals surface area contributed by atoms with Crippen LogP contribution in [0.25, 0.3) is 0 Å². The van der Waals surface area contributed by atoms with Crippen molar-refractivity contribution < 1.29 is 34.4 Å². The maximum atomic E-state index is 14.5. The molecule has 0 saturated heterocycles. The van der Waals surface area contributed by atoms with E-state index in [0.29, 0.717) is 23.3 Å². The van der Waals surface area contributed by atoms with Crippen molar-refractivity contribution in [3.63, 3.8) is 0 Å². The van der Waals surface area contributed by atoms with E-state index in [0.717, 1.165) is 5.69 Å². The minimum absolute atomic E-state index is 0.0213. The molecule has 9 nitrogen and oxygen atoms in total. The SMILES string of the molecule is COc1cc2c(c(OC)c1CNc1ccccc1)C(=O)c1c(O)cc3c(c1C2=O)N[C@H]1C#C/C=C\C#C[C@@H](O)[C@@]32C[C@@]12[C@@H](C)O. The van der Waals surface area contributed by atoms with Crippen LogP contribution in [0.1, 0.15) is 56.3 Å². The van der Waals surface area contributed by atoms with Crippen LogP contribution in [0.3, 0.4) is 0 Å². The highest BCUT2D eigenvalue weighted by molar-refractivity contribution is 6.32. The van der Waals surface area contributed by atoms with Gasteiger partial charge in [0.15, 0.2) is 5.78 Å². The number of phenolic OH excluding ortho intramolecular Hbond substituents is 1. The number of hydrogen-bond acceptors (Lipinski definition) is 9. The second-order valence-electron chi connectivity index (χ2n) is 11.7. The monoisotopic (exact) mass is 602 g/mol. The third kappa shape index (κ3) is 3.78. The Labute approximate surface area is 259 Å². The van der Waals surface area contributed by atoms with E-state index in [9.17, 15) is 24.9 Å². The Bertz CT molecular complexity index is 1960. The van der Waals surface area contributed by atoms with Crippen LogP contribution in [0.15, 0.2) is 54.6 Å². The highest BCUT2D eigenvalue weighted by atomic mass is 16.5. The zero-order chi connectivity index (χ0) is 31.7. The Morgan fingerprint density at radius 3 is 2.44 bits per heavy atom. The molecule has 1 fully saturated rings. The van der Waals surface area contributed by atoms with Crippen molar-refractivity contribution in [1.82, 2.24) is 0 Å². The average molecular weight is 603 g/mol. The molecule has 1 saturated carbocycles. The molecule has 45 heavy (non-hydrogen) atoms. The lowest BCUT2D eigenvalue weighted by molar-refractivity contribution is 0.0603. The topological polar surface area (TPSA) is 137 Å². The first kappa shape index (κ1) is 28.5. The third-order valence-electron chi connectivity index (χ3n) is 9.71. The van der Waals surface area contributed by atoms with Gasteiger partial charge in [-0.1, -0.05) is 41.9 Å². The van der Waals surface area contributed by atoms with Crippen molar-refractivity contribution in [2.75, 3.05) is 24.9 Å². The zero-order valence-corrected chi connectivity index (χ0v) is 24.8. The molecule has 9 heteroatoms. The van der Waals surface area contributed by atoms with Crippen LogP contribution in [-0.4, -0.2) is 59.4 Å². The quantitative estimate of drug-likeness (QED) is 0.166. The van der Waals surface area contributed by atoms with Gasteiger partial charge in [0.05, 0.1) is 54.3 Å². The number of carbonyl (C=O) groups excluding carboxylic acids is 2. The van der Waals surface area contributed by atoms with E-state index < -0.39 is 46.4 Å². The van der Waals surface area contributed by atoms with Gasteiger partial charge in [-0.3, -0.25) is 9.59 Å². The van der Waals surface area contributed by atoms with E-state index in [-0.39, 0.29) is 40.2 Å². The standard InChI is InChI=1S/C36H30N2O7/c1-19(39)35-18-36(35)23-16-24(40)29-30(31(23)38-26(35)13-9-4-5-10-14-27(36)41)32(42)21-15-25(44-2)22(34(45-3)28(21)33(29)43)17-37-20-11-7-6-8-12-20/h4-8,11-12,15-16,19,26-27,37-41H,17-18H2,1-3H3/b5-4-/t19-,26+,27-,35-,36-/m1/s1. The van der Waals surface area contributed by atoms with E-state index >= 15 is 0 Å². The molecular weight excluding hydrogens is 572 g/mol. The first-order valence-electron chi connectivity index (χ1n) is 14.6. The van der Waals surface area contributed by atoms with E-state index in [4.69, 9.17) is 9.47 Å². The van der Waals surface area contributed by atoms with Gasteiger partial charge in [0, 0.05) is 28.6 Å². The zero-order valence-electron chi connectivity index (χ0n) is 24.8. The minimum Gasteiger partial charge on any atom is -0.507 e. The van der Waals surface area contributed by atoms with Crippen molar-refractivity contribution in [1.29, 1.82) is 0 Å². The number of aromatic hydroxyl groups is 1. The number of phenols is 1. The van der Waals surface area contributed by atoms with Gasteiger partial charge in [0.25, 0.3) is 0 Å².